The standard InChI is InChI=1S/C13H9F3N2OS/c14-10-3-6(5-20-10)7-1-2-8(12(16)11(7)15)9-4-17-13(19)18-9/h1-3,5,9H,4H2,(H2,17,18,19). The molecule has 1 aliphatic rings. The van der Waals surface area contributed by atoms with Crippen LogP contribution in [0.5, 0.6) is 0 Å². The van der Waals surface area contributed by atoms with E-state index in [2.05, 4.69) is 10.6 Å². The number of urea groups is 1. The minimum atomic E-state index is -1.04. The molecular formula is C13H9F3N2OS. The molecule has 0 bridgehead atoms. The van der Waals surface area contributed by atoms with Crippen molar-refractivity contribution in [3.8, 4) is 11.1 Å². The van der Waals surface area contributed by atoms with Crippen molar-refractivity contribution >= 4 is 17.4 Å². The molecule has 3 nitrogen and oxygen atoms in total. The SMILES string of the molecule is O=C1NCC(c2ccc(-c3csc(F)c3)c(F)c2F)N1. The highest BCUT2D eigenvalue weighted by Gasteiger charge is 2.26. The number of carbonyl (C=O) groups is 1. The number of halogens is 3. The first-order chi connectivity index (χ1) is 9.56. The average molecular weight is 298 g/mol. The molecule has 0 spiro atoms. The monoisotopic (exact) mass is 298 g/mol. The molecule has 2 aromatic rings. The molecule has 20 heavy (non-hydrogen) atoms. The van der Waals surface area contributed by atoms with Gasteiger partial charge in [-0.2, -0.15) is 4.39 Å². The van der Waals surface area contributed by atoms with Crippen molar-refractivity contribution < 1.29 is 18.0 Å². The summed E-state index contributed by atoms with van der Waals surface area (Å²) in [5.41, 5.74) is 0.369. The molecule has 0 aliphatic carbocycles. The summed E-state index contributed by atoms with van der Waals surface area (Å²) in [6.07, 6.45) is 0. The van der Waals surface area contributed by atoms with Gasteiger partial charge in [-0.1, -0.05) is 12.1 Å². The first-order valence-corrected chi connectivity index (χ1v) is 6.71. The molecule has 2 N–H and O–H groups in total. The second-order valence-electron chi connectivity index (χ2n) is 4.38. The van der Waals surface area contributed by atoms with E-state index >= 15 is 0 Å². The van der Waals surface area contributed by atoms with Crippen LogP contribution in [-0.2, 0) is 0 Å². The minimum absolute atomic E-state index is 0.00341. The molecule has 0 saturated carbocycles. The predicted molar refractivity (Wildman–Crippen MR) is 68.9 cm³/mol. The quantitative estimate of drug-likeness (QED) is 0.878. The Morgan fingerprint density at radius 2 is 2.00 bits per heavy atom. The third-order valence-electron chi connectivity index (χ3n) is 3.14. The smallest absolute Gasteiger partial charge is 0.315 e. The molecule has 1 saturated heterocycles. The van der Waals surface area contributed by atoms with Crippen molar-refractivity contribution in [2.75, 3.05) is 6.54 Å². The number of nitrogens with one attached hydrogen (secondary N) is 2. The summed E-state index contributed by atoms with van der Waals surface area (Å²) in [6.45, 7) is 0.196. The second kappa shape index (κ2) is 4.82. The summed E-state index contributed by atoms with van der Waals surface area (Å²) >= 11 is 0.821. The van der Waals surface area contributed by atoms with Crippen molar-refractivity contribution in [3.63, 3.8) is 0 Å². The van der Waals surface area contributed by atoms with Gasteiger partial charge < -0.3 is 10.6 Å². The van der Waals surface area contributed by atoms with Crippen molar-refractivity contribution in [3.05, 3.63) is 45.9 Å². The van der Waals surface area contributed by atoms with Crippen LogP contribution in [0.15, 0.2) is 23.6 Å². The van der Waals surface area contributed by atoms with Crippen LogP contribution in [0, 0.1) is 16.8 Å². The fraction of sp³-hybridized carbons (Fsp3) is 0.154. The van der Waals surface area contributed by atoms with E-state index in [0.717, 1.165) is 17.4 Å². The fourth-order valence-corrected chi connectivity index (χ4v) is 2.78. The maximum absolute atomic E-state index is 14.1. The second-order valence-corrected chi connectivity index (χ2v) is 5.24. The zero-order valence-electron chi connectivity index (χ0n) is 10.0. The van der Waals surface area contributed by atoms with E-state index in [1.807, 2.05) is 0 Å². The van der Waals surface area contributed by atoms with E-state index in [1.54, 1.807) is 0 Å². The molecule has 1 aliphatic heterocycles. The Morgan fingerprint density at radius 1 is 1.20 bits per heavy atom. The Hall–Kier alpha value is -2.02. The first kappa shape index (κ1) is 13.0. The van der Waals surface area contributed by atoms with E-state index in [4.69, 9.17) is 0 Å². The number of benzene rings is 1. The van der Waals surface area contributed by atoms with Gasteiger partial charge in [0.05, 0.1) is 6.04 Å². The third-order valence-corrected chi connectivity index (χ3v) is 3.85. The van der Waals surface area contributed by atoms with Crippen LogP contribution in [0.2, 0.25) is 0 Å². The zero-order valence-corrected chi connectivity index (χ0v) is 10.9. The Labute approximate surface area is 116 Å². The van der Waals surface area contributed by atoms with Crippen LogP contribution < -0.4 is 10.6 Å². The summed E-state index contributed by atoms with van der Waals surface area (Å²) in [5, 5.41) is 5.92. The van der Waals surface area contributed by atoms with E-state index in [1.165, 1.54) is 17.5 Å². The lowest BCUT2D eigenvalue weighted by atomic mass is 10.0. The van der Waals surface area contributed by atoms with Gasteiger partial charge in [0.2, 0.25) is 0 Å². The topological polar surface area (TPSA) is 41.1 Å². The zero-order chi connectivity index (χ0) is 14.3. The number of amides is 2. The van der Waals surface area contributed by atoms with Crippen LogP contribution in [-0.4, -0.2) is 12.6 Å². The van der Waals surface area contributed by atoms with E-state index < -0.39 is 28.8 Å². The minimum Gasteiger partial charge on any atom is -0.336 e. The van der Waals surface area contributed by atoms with Gasteiger partial charge in [-0.05, 0) is 11.6 Å². The Morgan fingerprint density at radius 3 is 2.60 bits per heavy atom. The van der Waals surface area contributed by atoms with Crippen LogP contribution in [0.1, 0.15) is 11.6 Å². The lowest BCUT2D eigenvalue weighted by molar-refractivity contribution is 0.247. The molecule has 1 fully saturated rings. The first-order valence-electron chi connectivity index (χ1n) is 5.83. The van der Waals surface area contributed by atoms with Gasteiger partial charge in [0.1, 0.15) is 0 Å². The molecule has 1 aromatic heterocycles. The van der Waals surface area contributed by atoms with Crippen LogP contribution in [0.4, 0.5) is 18.0 Å². The summed E-state index contributed by atoms with van der Waals surface area (Å²) < 4.78 is 41.1. The predicted octanol–water partition coefficient (Wildman–Crippen LogP) is 3.19. The number of thiophene rings is 1. The fourth-order valence-electron chi connectivity index (χ4n) is 2.15. The molecule has 7 heteroatoms. The van der Waals surface area contributed by atoms with Gasteiger partial charge in [0.15, 0.2) is 16.8 Å². The Kier molecular flexibility index (Phi) is 3.13. The summed E-state index contributed by atoms with van der Waals surface area (Å²) in [4.78, 5) is 11.0. The number of hydrogen-bond donors (Lipinski definition) is 2. The maximum atomic E-state index is 14.1. The highest BCUT2D eigenvalue weighted by molar-refractivity contribution is 7.08. The largest absolute Gasteiger partial charge is 0.336 e. The highest BCUT2D eigenvalue weighted by Crippen LogP contribution is 2.31. The third kappa shape index (κ3) is 2.14. The lowest BCUT2D eigenvalue weighted by Gasteiger charge is -2.12. The van der Waals surface area contributed by atoms with Crippen LogP contribution in [0.3, 0.4) is 0 Å². The van der Waals surface area contributed by atoms with E-state index in [-0.39, 0.29) is 17.7 Å². The molecule has 2 heterocycles. The maximum Gasteiger partial charge on any atom is 0.315 e. The van der Waals surface area contributed by atoms with Gasteiger partial charge in [0, 0.05) is 23.1 Å². The highest BCUT2D eigenvalue weighted by atomic mass is 32.1. The number of hydrogen-bond acceptors (Lipinski definition) is 2. The molecular weight excluding hydrogens is 289 g/mol. The van der Waals surface area contributed by atoms with Gasteiger partial charge >= 0.3 is 6.03 Å². The van der Waals surface area contributed by atoms with E-state index in [9.17, 15) is 18.0 Å². The van der Waals surface area contributed by atoms with Crippen LogP contribution in [0.25, 0.3) is 11.1 Å². The summed E-state index contributed by atoms with van der Waals surface area (Å²) in [5.74, 6) is -2.07. The lowest BCUT2D eigenvalue weighted by Crippen LogP contribution is -2.22. The van der Waals surface area contributed by atoms with Gasteiger partial charge in [-0.3, -0.25) is 0 Å². The normalized spacial score (nSPS) is 17.9. The van der Waals surface area contributed by atoms with E-state index in [0.29, 0.717) is 5.56 Å². The van der Waals surface area contributed by atoms with Gasteiger partial charge in [0.25, 0.3) is 0 Å². The van der Waals surface area contributed by atoms with Crippen molar-refractivity contribution in [2.24, 2.45) is 0 Å². The molecule has 1 atom stereocenters. The van der Waals surface area contributed by atoms with Crippen molar-refractivity contribution in [1.82, 2.24) is 10.6 Å². The molecule has 0 radical (unpaired) electrons. The Bertz CT molecular complexity index is 686. The Balaban J connectivity index is 2.01. The molecule has 1 aromatic carbocycles. The van der Waals surface area contributed by atoms with Crippen LogP contribution >= 0.6 is 11.3 Å². The van der Waals surface area contributed by atoms with Gasteiger partial charge in [-0.25, -0.2) is 13.6 Å². The molecule has 2 amide bonds. The summed E-state index contributed by atoms with van der Waals surface area (Å²) in [6, 6.07) is 2.92. The average Bonchev–Trinajstić information content (AvgIpc) is 3.02. The summed E-state index contributed by atoms with van der Waals surface area (Å²) in [7, 11) is 0. The van der Waals surface area contributed by atoms with Crippen molar-refractivity contribution in [1.29, 1.82) is 0 Å². The van der Waals surface area contributed by atoms with Crippen molar-refractivity contribution in [2.45, 2.75) is 6.04 Å². The van der Waals surface area contributed by atoms with Gasteiger partial charge in [-0.15, -0.1) is 11.3 Å². The number of rotatable bonds is 2. The molecule has 1 unspecified atom stereocenters. The number of carbonyl (C=O) groups excluding carboxylic acids is 1. The molecule has 104 valence electrons. The molecule has 3 rings (SSSR count).